The number of aryl methyl sites for hydroxylation is 1. The summed E-state index contributed by atoms with van der Waals surface area (Å²) in [5, 5.41) is 0. The number of halogens is 3. The molecule has 5 N–H and O–H groups in total. The lowest BCUT2D eigenvalue weighted by Crippen LogP contribution is -2.48. The molecule has 206 valence electrons. The average Bonchev–Trinajstić information content (AvgIpc) is 3.29. The number of imidazole rings is 1. The van der Waals surface area contributed by atoms with Gasteiger partial charge in [-0.3, -0.25) is 4.52 Å². The maximum atomic E-state index is 14.0. The Balaban J connectivity index is 1.55. The molecule has 0 aliphatic carbocycles. The Labute approximate surface area is 223 Å². The van der Waals surface area contributed by atoms with E-state index in [1.807, 2.05) is 54.6 Å². The topological polar surface area (TPSA) is 122 Å². The number of phosphoric ester groups is 1. The number of nitrogens with two attached hydrogens (primary N) is 1. The van der Waals surface area contributed by atoms with Gasteiger partial charge in [-0.1, -0.05) is 54.6 Å². The number of nitrogens with one attached hydrogen (secondary N) is 1. The lowest BCUT2D eigenvalue weighted by atomic mass is 10.0. The number of ether oxygens (including phenoxy) is 1. The molecule has 1 atom stereocenters. The Morgan fingerprint density at radius 1 is 0.974 bits per heavy atom. The van der Waals surface area contributed by atoms with Crippen molar-refractivity contribution in [3.63, 3.8) is 0 Å². The van der Waals surface area contributed by atoms with Crippen molar-refractivity contribution >= 4 is 7.82 Å². The maximum Gasteiger partial charge on any atom is 0.469 e. The summed E-state index contributed by atoms with van der Waals surface area (Å²) in [6.45, 7) is 0.894. The van der Waals surface area contributed by atoms with Gasteiger partial charge in [0.25, 0.3) is 5.82 Å². The van der Waals surface area contributed by atoms with E-state index in [0.29, 0.717) is 17.1 Å². The monoisotopic (exact) mass is 562 g/mol. The van der Waals surface area contributed by atoms with Crippen LogP contribution in [-0.2, 0) is 34.5 Å². The molecule has 4 aromatic rings. The van der Waals surface area contributed by atoms with Crippen LogP contribution in [0.1, 0.15) is 23.9 Å². The van der Waals surface area contributed by atoms with Crippen LogP contribution in [0.2, 0.25) is 0 Å². The molecule has 0 saturated carbocycles. The standard InChI is InChI=1S/C27H27F3N3O5P/c1-26(31,17-38-39(34,35)36)25-32-23(15-33(25)2)21-12-13-24(22(14-21)27(28,29)30)37-16-18-8-10-20(11-9-18)19-6-4-3-5-7-19/h3-15H,16-17,31H2,1-2H3,(H2,34,35,36)/p+1/t26-/m0/s1. The van der Waals surface area contributed by atoms with Crippen molar-refractivity contribution in [2.24, 2.45) is 12.8 Å². The van der Waals surface area contributed by atoms with Crippen molar-refractivity contribution < 1.29 is 41.4 Å². The molecule has 1 heterocycles. The molecule has 8 nitrogen and oxygen atoms in total. The number of aromatic amines is 1. The highest BCUT2D eigenvalue weighted by molar-refractivity contribution is 7.46. The summed E-state index contributed by atoms with van der Waals surface area (Å²) in [5.74, 6) is -0.0213. The van der Waals surface area contributed by atoms with Crippen LogP contribution in [0.15, 0.2) is 79.0 Å². The predicted octanol–water partition coefficient (Wildman–Crippen LogP) is 5.05. The molecule has 3 aromatic carbocycles. The first-order valence-electron chi connectivity index (χ1n) is 11.8. The quantitative estimate of drug-likeness (QED) is 0.167. The van der Waals surface area contributed by atoms with Gasteiger partial charge in [0.05, 0.1) is 19.2 Å². The number of nitrogens with zero attached hydrogens (tertiary/aromatic N) is 1. The molecule has 0 amide bonds. The van der Waals surface area contributed by atoms with E-state index in [4.69, 9.17) is 20.3 Å². The van der Waals surface area contributed by atoms with Gasteiger partial charge in [0.1, 0.15) is 24.1 Å². The fourth-order valence-corrected chi connectivity index (χ4v) is 4.55. The van der Waals surface area contributed by atoms with E-state index in [9.17, 15) is 17.7 Å². The minimum absolute atomic E-state index is 0.0514. The SMILES string of the molecule is C[n+]1cc(-c2ccc(OCc3ccc(-c4ccccc4)cc3)c(C(F)(F)F)c2)[nH]c1[C@@](C)(N)COP(=O)(O)O. The third-order valence-electron chi connectivity index (χ3n) is 6.05. The lowest BCUT2D eigenvalue weighted by molar-refractivity contribution is -0.681. The Morgan fingerprint density at radius 3 is 2.21 bits per heavy atom. The summed E-state index contributed by atoms with van der Waals surface area (Å²) in [6.07, 6.45) is -3.15. The van der Waals surface area contributed by atoms with E-state index in [-0.39, 0.29) is 17.9 Å². The van der Waals surface area contributed by atoms with Gasteiger partial charge in [-0.15, -0.1) is 0 Å². The molecule has 0 unspecified atom stereocenters. The molecule has 12 heteroatoms. The van der Waals surface area contributed by atoms with Crippen molar-refractivity contribution in [2.45, 2.75) is 25.2 Å². The third-order valence-corrected chi connectivity index (χ3v) is 6.52. The largest absolute Gasteiger partial charge is 0.488 e. The molecule has 0 saturated heterocycles. The smallest absolute Gasteiger partial charge is 0.469 e. The Bertz CT molecular complexity index is 1480. The van der Waals surface area contributed by atoms with Gasteiger partial charge in [-0.05, 0) is 41.8 Å². The number of benzene rings is 3. The second-order valence-electron chi connectivity index (χ2n) is 9.37. The van der Waals surface area contributed by atoms with Crippen molar-refractivity contribution in [1.82, 2.24) is 4.98 Å². The highest BCUT2D eigenvalue weighted by atomic mass is 31.2. The van der Waals surface area contributed by atoms with Gasteiger partial charge in [0.15, 0.2) is 5.69 Å². The highest BCUT2D eigenvalue weighted by Crippen LogP contribution is 2.40. The summed E-state index contributed by atoms with van der Waals surface area (Å²) in [4.78, 5) is 20.9. The molecule has 1 aromatic heterocycles. The molecule has 4 rings (SSSR count). The zero-order valence-corrected chi connectivity index (χ0v) is 22.0. The van der Waals surface area contributed by atoms with E-state index in [0.717, 1.165) is 17.2 Å². The summed E-state index contributed by atoms with van der Waals surface area (Å²) in [6, 6.07) is 20.8. The van der Waals surface area contributed by atoms with E-state index in [2.05, 4.69) is 9.51 Å². The zero-order chi connectivity index (χ0) is 28.4. The van der Waals surface area contributed by atoms with Gasteiger partial charge < -0.3 is 20.3 Å². The number of phosphoric acid groups is 1. The second-order valence-corrected chi connectivity index (χ2v) is 10.6. The Morgan fingerprint density at radius 2 is 1.59 bits per heavy atom. The molecule has 0 spiro atoms. The van der Waals surface area contributed by atoms with Gasteiger partial charge in [0, 0.05) is 5.56 Å². The van der Waals surface area contributed by atoms with Crippen LogP contribution in [0.4, 0.5) is 13.2 Å². The van der Waals surface area contributed by atoms with Crippen LogP contribution in [0.5, 0.6) is 5.75 Å². The molecular formula is C27H28F3N3O5P+. The highest BCUT2D eigenvalue weighted by Gasteiger charge is 2.37. The molecular weight excluding hydrogens is 534 g/mol. The van der Waals surface area contributed by atoms with Crippen LogP contribution >= 0.6 is 7.82 Å². The Kier molecular flexibility index (Phi) is 8.02. The minimum atomic E-state index is -4.77. The van der Waals surface area contributed by atoms with Gasteiger partial charge in [-0.2, -0.15) is 13.2 Å². The van der Waals surface area contributed by atoms with Gasteiger partial charge in [0.2, 0.25) is 0 Å². The molecule has 0 bridgehead atoms. The second kappa shape index (κ2) is 11.0. The first kappa shape index (κ1) is 28.5. The van der Waals surface area contributed by atoms with Crippen molar-refractivity contribution in [3.8, 4) is 28.1 Å². The van der Waals surface area contributed by atoms with Crippen LogP contribution in [0.25, 0.3) is 22.4 Å². The van der Waals surface area contributed by atoms with Crippen molar-refractivity contribution in [1.29, 1.82) is 0 Å². The van der Waals surface area contributed by atoms with Crippen LogP contribution in [0, 0.1) is 0 Å². The number of H-pyrrole nitrogens is 1. The molecule has 0 aliphatic heterocycles. The zero-order valence-electron chi connectivity index (χ0n) is 21.1. The van der Waals surface area contributed by atoms with E-state index >= 15 is 0 Å². The van der Waals surface area contributed by atoms with E-state index in [1.54, 1.807) is 7.05 Å². The fourth-order valence-electron chi connectivity index (χ4n) is 4.12. The molecule has 0 radical (unpaired) electrons. The normalized spacial score (nSPS) is 13.7. The summed E-state index contributed by atoms with van der Waals surface area (Å²) in [5.41, 5.74) is 7.12. The molecule has 0 aliphatic rings. The van der Waals surface area contributed by atoms with Crippen molar-refractivity contribution in [2.75, 3.05) is 6.61 Å². The van der Waals surface area contributed by atoms with Crippen LogP contribution in [-0.4, -0.2) is 21.4 Å². The summed E-state index contributed by atoms with van der Waals surface area (Å²) >= 11 is 0. The van der Waals surface area contributed by atoms with E-state index in [1.165, 1.54) is 29.8 Å². The average molecular weight is 563 g/mol. The first-order chi connectivity index (χ1) is 18.2. The number of aromatic nitrogens is 2. The Hall–Kier alpha value is -3.47. The fraction of sp³-hybridized carbons (Fsp3) is 0.222. The van der Waals surface area contributed by atoms with E-state index < -0.39 is 31.7 Å². The predicted molar refractivity (Wildman–Crippen MR) is 138 cm³/mol. The molecule has 39 heavy (non-hydrogen) atoms. The summed E-state index contributed by atoms with van der Waals surface area (Å²) in [7, 11) is -3.17. The summed E-state index contributed by atoms with van der Waals surface area (Å²) < 4.78 is 64.7. The van der Waals surface area contributed by atoms with Gasteiger partial charge >= 0.3 is 14.0 Å². The van der Waals surface area contributed by atoms with Crippen LogP contribution < -0.4 is 15.0 Å². The van der Waals surface area contributed by atoms with Crippen LogP contribution in [0.3, 0.4) is 0 Å². The number of hydrogen-bond donors (Lipinski definition) is 4. The lowest BCUT2D eigenvalue weighted by Gasteiger charge is -2.19. The first-order valence-corrected chi connectivity index (χ1v) is 13.3. The van der Waals surface area contributed by atoms with Gasteiger partial charge in [-0.25, -0.2) is 14.1 Å². The number of alkyl halides is 3. The van der Waals surface area contributed by atoms with Crippen molar-refractivity contribution in [3.05, 3.63) is 95.9 Å². The minimum Gasteiger partial charge on any atom is -0.488 e. The number of hydrogen-bond acceptors (Lipinski definition) is 4. The molecule has 0 fully saturated rings. The maximum absolute atomic E-state index is 14.0. The third kappa shape index (κ3) is 7.14. The number of rotatable bonds is 9.